The van der Waals surface area contributed by atoms with Crippen molar-refractivity contribution in [2.45, 2.75) is 38.0 Å². The minimum Gasteiger partial charge on any atom is -0.326 e. The van der Waals surface area contributed by atoms with Gasteiger partial charge >= 0.3 is 0 Å². The van der Waals surface area contributed by atoms with Crippen LogP contribution in [0.1, 0.15) is 31.7 Å². The van der Waals surface area contributed by atoms with Crippen molar-refractivity contribution in [3.63, 3.8) is 0 Å². The van der Waals surface area contributed by atoms with Crippen LogP contribution in [0.25, 0.3) is 0 Å². The fourth-order valence-electron chi connectivity index (χ4n) is 3.12. The van der Waals surface area contributed by atoms with Gasteiger partial charge < -0.3 is 10.2 Å². The molecule has 0 unspecified atom stereocenters. The van der Waals surface area contributed by atoms with E-state index >= 15 is 0 Å². The van der Waals surface area contributed by atoms with Gasteiger partial charge in [0, 0.05) is 36.4 Å². The third-order valence-electron chi connectivity index (χ3n) is 4.57. The molecule has 0 bridgehead atoms. The molecule has 1 aliphatic rings. The lowest BCUT2D eigenvalue weighted by Crippen LogP contribution is -2.23. The van der Waals surface area contributed by atoms with Crippen molar-refractivity contribution >= 4 is 38.9 Å². The SMILES string of the molecule is CCC(=O)Nc1ccc(S(=O)(=O)Nc2ccc(N3CCCC3=O)cc2)c(C)c1. The van der Waals surface area contributed by atoms with Crippen LogP contribution >= 0.6 is 0 Å². The molecule has 7 nitrogen and oxygen atoms in total. The van der Waals surface area contributed by atoms with Gasteiger partial charge in [0.05, 0.1) is 4.90 Å². The highest BCUT2D eigenvalue weighted by Gasteiger charge is 2.22. The van der Waals surface area contributed by atoms with Crippen LogP contribution in [0.2, 0.25) is 0 Å². The molecule has 0 saturated carbocycles. The van der Waals surface area contributed by atoms with Gasteiger partial charge in [-0.1, -0.05) is 6.92 Å². The molecule has 3 rings (SSSR count). The number of amides is 2. The van der Waals surface area contributed by atoms with E-state index in [1.807, 2.05) is 0 Å². The molecule has 1 fully saturated rings. The number of rotatable bonds is 6. The van der Waals surface area contributed by atoms with Crippen molar-refractivity contribution in [2.75, 3.05) is 21.5 Å². The van der Waals surface area contributed by atoms with Crippen LogP contribution in [0.4, 0.5) is 17.1 Å². The van der Waals surface area contributed by atoms with Crippen LogP contribution in [-0.4, -0.2) is 26.8 Å². The van der Waals surface area contributed by atoms with Crippen molar-refractivity contribution in [1.82, 2.24) is 0 Å². The Kier molecular flexibility index (Phi) is 5.69. The third kappa shape index (κ3) is 4.33. The first-order valence-electron chi connectivity index (χ1n) is 9.14. The van der Waals surface area contributed by atoms with E-state index in [-0.39, 0.29) is 16.7 Å². The summed E-state index contributed by atoms with van der Waals surface area (Å²) >= 11 is 0. The second-order valence-electron chi connectivity index (χ2n) is 6.68. The van der Waals surface area contributed by atoms with E-state index in [1.54, 1.807) is 55.1 Å². The second kappa shape index (κ2) is 8.02. The highest BCUT2D eigenvalue weighted by Crippen LogP contribution is 2.26. The summed E-state index contributed by atoms with van der Waals surface area (Å²) in [5, 5.41) is 2.71. The normalized spacial score (nSPS) is 14.2. The Morgan fingerprint density at radius 2 is 1.79 bits per heavy atom. The number of sulfonamides is 1. The molecular formula is C20H23N3O4S. The van der Waals surface area contributed by atoms with Crippen LogP contribution in [0.15, 0.2) is 47.4 Å². The monoisotopic (exact) mass is 401 g/mol. The zero-order valence-electron chi connectivity index (χ0n) is 15.9. The molecule has 0 spiro atoms. The Balaban J connectivity index is 1.76. The molecule has 0 atom stereocenters. The van der Waals surface area contributed by atoms with Crippen molar-refractivity contribution in [3.05, 3.63) is 48.0 Å². The minimum absolute atomic E-state index is 0.0826. The van der Waals surface area contributed by atoms with Crippen molar-refractivity contribution in [3.8, 4) is 0 Å². The molecule has 1 saturated heterocycles. The van der Waals surface area contributed by atoms with E-state index in [9.17, 15) is 18.0 Å². The lowest BCUT2D eigenvalue weighted by Gasteiger charge is -2.16. The first kappa shape index (κ1) is 19.9. The molecule has 8 heteroatoms. The Morgan fingerprint density at radius 1 is 1.11 bits per heavy atom. The molecule has 2 aromatic rings. The first-order chi connectivity index (χ1) is 13.3. The minimum atomic E-state index is -3.78. The molecule has 28 heavy (non-hydrogen) atoms. The predicted octanol–water partition coefficient (Wildman–Crippen LogP) is 3.27. The van der Waals surface area contributed by atoms with Gasteiger partial charge in [-0.2, -0.15) is 0 Å². The van der Waals surface area contributed by atoms with E-state index in [4.69, 9.17) is 0 Å². The average molecular weight is 401 g/mol. The van der Waals surface area contributed by atoms with E-state index < -0.39 is 10.0 Å². The predicted molar refractivity (Wildman–Crippen MR) is 109 cm³/mol. The molecular weight excluding hydrogens is 378 g/mol. The number of carbonyl (C=O) groups is 2. The van der Waals surface area contributed by atoms with Crippen LogP contribution in [0, 0.1) is 6.92 Å². The third-order valence-corrected chi connectivity index (χ3v) is 6.12. The Labute approximate surface area is 164 Å². The molecule has 0 aromatic heterocycles. The second-order valence-corrected chi connectivity index (χ2v) is 8.33. The summed E-state index contributed by atoms with van der Waals surface area (Å²) in [6.07, 6.45) is 1.73. The maximum absolute atomic E-state index is 12.7. The van der Waals surface area contributed by atoms with Crippen molar-refractivity contribution < 1.29 is 18.0 Å². The quantitative estimate of drug-likeness (QED) is 0.776. The van der Waals surface area contributed by atoms with Gasteiger partial charge in [-0.25, -0.2) is 8.42 Å². The summed E-state index contributed by atoms with van der Waals surface area (Å²) in [4.78, 5) is 25.1. The first-order valence-corrected chi connectivity index (χ1v) is 10.6. The number of carbonyl (C=O) groups excluding carboxylic acids is 2. The maximum atomic E-state index is 12.7. The summed E-state index contributed by atoms with van der Waals surface area (Å²) in [6.45, 7) is 4.11. The van der Waals surface area contributed by atoms with Crippen molar-refractivity contribution in [2.24, 2.45) is 0 Å². The summed E-state index contributed by atoms with van der Waals surface area (Å²) in [5.41, 5.74) is 2.26. The lowest BCUT2D eigenvalue weighted by atomic mass is 10.2. The molecule has 2 aromatic carbocycles. The number of aryl methyl sites for hydroxylation is 1. The Bertz CT molecular complexity index is 1000. The van der Waals surface area contributed by atoms with Gasteiger partial charge in [0.25, 0.3) is 10.0 Å². The van der Waals surface area contributed by atoms with Crippen LogP contribution < -0.4 is 14.9 Å². The number of anilines is 3. The molecule has 148 valence electrons. The fraction of sp³-hybridized carbons (Fsp3) is 0.300. The Hall–Kier alpha value is -2.87. The average Bonchev–Trinajstić information content (AvgIpc) is 3.07. The molecule has 0 aliphatic carbocycles. The standard InChI is InChI=1S/C20H23N3O4S/c1-3-19(24)21-16-8-11-18(14(2)13-16)28(26,27)22-15-6-9-17(10-7-15)23-12-4-5-20(23)25/h6-11,13,22H,3-5,12H2,1-2H3,(H,21,24). The molecule has 0 radical (unpaired) electrons. The van der Waals surface area contributed by atoms with Crippen LogP contribution in [-0.2, 0) is 19.6 Å². The van der Waals surface area contributed by atoms with Crippen molar-refractivity contribution in [1.29, 1.82) is 0 Å². The summed E-state index contributed by atoms with van der Waals surface area (Å²) in [6, 6.07) is 11.4. The highest BCUT2D eigenvalue weighted by atomic mass is 32.2. The number of nitrogens with zero attached hydrogens (tertiary/aromatic N) is 1. The van der Waals surface area contributed by atoms with E-state index in [0.717, 1.165) is 12.1 Å². The zero-order valence-corrected chi connectivity index (χ0v) is 16.7. The van der Waals surface area contributed by atoms with Crippen LogP contribution in [0.3, 0.4) is 0 Å². The van der Waals surface area contributed by atoms with Gasteiger partial charge in [0.1, 0.15) is 0 Å². The summed E-state index contributed by atoms with van der Waals surface area (Å²) in [5.74, 6) is -0.0519. The number of hydrogen-bond acceptors (Lipinski definition) is 4. The molecule has 1 heterocycles. The maximum Gasteiger partial charge on any atom is 0.262 e. The van der Waals surface area contributed by atoms with Gasteiger partial charge in [-0.05, 0) is 61.4 Å². The highest BCUT2D eigenvalue weighted by molar-refractivity contribution is 7.92. The summed E-state index contributed by atoms with van der Waals surface area (Å²) < 4.78 is 28.0. The molecule has 2 amide bonds. The van der Waals surface area contributed by atoms with Gasteiger partial charge in [0.15, 0.2) is 0 Å². The van der Waals surface area contributed by atoms with Gasteiger partial charge in [-0.3, -0.25) is 14.3 Å². The summed E-state index contributed by atoms with van der Waals surface area (Å²) in [7, 11) is -3.78. The van der Waals surface area contributed by atoms with E-state index in [2.05, 4.69) is 10.0 Å². The fourth-order valence-corrected chi connectivity index (χ4v) is 4.41. The number of hydrogen-bond donors (Lipinski definition) is 2. The Morgan fingerprint density at radius 3 is 2.36 bits per heavy atom. The zero-order chi connectivity index (χ0) is 20.3. The number of benzene rings is 2. The number of nitrogens with one attached hydrogen (secondary N) is 2. The van der Waals surface area contributed by atoms with E-state index in [1.165, 1.54) is 6.07 Å². The topological polar surface area (TPSA) is 95.6 Å². The molecule has 2 N–H and O–H groups in total. The van der Waals surface area contributed by atoms with E-state index in [0.29, 0.717) is 36.3 Å². The van der Waals surface area contributed by atoms with Gasteiger partial charge in [0.2, 0.25) is 11.8 Å². The van der Waals surface area contributed by atoms with Crippen LogP contribution in [0.5, 0.6) is 0 Å². The largest absolute Gasteiger partial charge is 0.326 e. The lowest BCUT2D eigenvalue weighted by molar-refractivity contribution is -0.117. The van der Waals surface area contributed by atoms with Gasteiger partial charge in [-0.15, -0.1) is 0 Å². The smallest absolute Gasteiger partial charge is 0.262 e. The molecule has 1 aliphatic heterocycles.